The summed E-state index contributed by atoms with van der Waals surface area (Å²) < 4.78 is 12.9. The summed E-state index contributed by atoms with van der Waals surface area (Å²) in [7, 11) is 0. The number of benzene rings is 1. The van der Waals surface area contributed by atoms with E-state index in [1.807, 2.05) is 52.1 Å². The fraction of sp³-hybridized carbons (Fsp3) is 0.273. The van der Waals surface area contributed by atoms with E-state index in [2.05, 4.69) is 16.0 Å². The molecule has 0 spiro atoms. The van der Waals surface area contributed by atoms with E-state index >= 15 is 0 Å². The summed E-state index contributed by atoms with van der Waals surface area (Å²) in [6.45, 7) is 1.76. The molecule has 152 valence electrons. The van der Waals surface area contributed by atoms with Crippen LogP contribution in [0.1, 0.15) is 12.1 Å². The zero-order valence-electron chi connectivity index (χ0n) is 16.1. The number of amides is 1. The van der Waals surface area contributed by atoms with Crippen LogP contribution in [0.3, 0.4) is 0 Å². The molecule has 2 bridgehead atoms. The Labute approximate surface area is 178 Å². The fourth-order valence-corrected chi connectivity index (χ4v) is 4.81. The number of fused-ring (bicyclic) bond motifs is 3. The first-order chi connectivity index (χ1) is 14.7. The molecular weight excluding hydrogens is 404 g/mol. The van der Waals surface area contributed by atoms with Crippen molar-refractivity contribution in [3.63, 3.8) is 0 Å². The molecule has 0 radical (unpaired) electrons. The van der Waals surface area contributed by atoms with E-state index in [4.69, 9.17) is 21.1 Å². The van der Waals surface area contributed by atoms with E-state index in [1.165, 1.54) is 0 Å². The second-order valence-electron chi connectivity index (χ2n) is 7.78. The van der Waals surface area contributed by atoms with Crippen molar-refractivity contribution < 1.29 is 14.3 Å². The maximum absolute atomic E-state index is 13.2. The van der Waals surface area contributed by atoms with Gasteiger partial charge < -0.3 is 18.9 Å². The molecule has 30 heavy (non-hydrogen) atoms. The number of nitrogens with zero attached hydrogens (tertiary/aromatic N) is 4. The molecule has 5 heterocycles. The third kappa shape index (κ3) is 2.77. The van der Waals surface area contributed by atoms with Gasteiger partial charge in [-0.1, -0.05) is 11.6 Å². The molecule has 3 aliphatic heterocycles. The van der Waals surface area contributed by atoms with Crippen molar-refractivity contribution in [1.82, 2.24) is 14.5 Å². The minimum Gasteiger partial charge on any atom is -0.454 e. The first kappa shape index (κ1) is 17.8. The van der Waals surface area contributed by atoms with Crippen molar-refractivity contribution in [3.8, 4) is 17.3 Å². The molecular formula is C22H19ClN4O3. The third-order valence-electron chi connectivity index (χ3n) is 6.06. The van der Waals surface area contributed by atoms with Gasteiger partial charge in [-0.2, -0.15) is 0 Å². The van der Waals surface area contributed by atoms with Crippen molar-refractivity contribution >= 4 is 23.2 Å². The molecule has 2 aromatic heterocycles. The van der Waals surface area contributed by atoms with Crippen LogP contribution in [-0.4, -0.2) is 45.8 Å². The smallest absolute Gasteiger partial charge is 0.244 e. The third-order valence-corrected chi connectivity index (χ3v) is 6.28. The average Bonchev–Trinajstić information content (AvgIpc) is 3.52. The maximum atomic E-state index is 13.2. The van der Waals surface area contributed by atoms with E-state index in [1.54, 1.807) is 6.20 Å². The lowest BCUT2D eigenvalue weighted by molar-refractivity contribution is -0.122. The Balaban J connectivity index is 1.21. The Morgan fingerprint density at radius 1 is 1.13 bits per heavy atom. The highest BCUT2D eigenvalue weighted by atomic mass is 35.5. The molecule has 0 unspecified atom stereocenters. The van der Waals surface area contributed by atoms with Gasteiger partial charge in [-0.15, -0.1) is 0 Å². The number of pyridine rings is 1. The Kier molecular flexibility index (Phi) is 4.01. The van der Waals surface area contributed by atoms with Gasteiger partial charge >= 0.3 is 0 Å². The molecule has 8 heteroatoms. The number of carbonyl (C=O) groups excluding carboxylic acids is 1. The van der Waals surface area contributed by atoms with Crippen LogP contribution < -0.4 is 14.4 Å². The van der Waals surface area contributed by atoms with Gasteiger partial charge in [-0.05, 0) is 42.8 Å². The van der Waals surface area contributed by atoms with E-state index in [9.17, 15) is 4.79 Å². The van der Waals surface area contributed by atoms with Gasteiger partial charge in [0.2, 0.25) is 12.7 Å². The maximum Gasteiger partial charge on any atom is 0.244 e. The average molecular weight is 423 g/mol. The molecule has 0 aliphatic carbocycles. The number of hydrogen-bond donors (Lipinski definition) is 0. The van der Waals surface area contributed by atoms with Crippen molar-refractivity contribution in [2.75, 3.05) is 18.2 Å². The van der Waals surface area contributed by atoms with Crippen LogP contribution in [0, 0.1) is 0 Å². The van der Waals surface area contributed by atoms with Gasteiger partial charge in [0.25, 0.3) is 0 Å². The highest BCUT2D eigenvalue weighted by Gasteiger charge is 2.50. The number of piperazine rings is 1. The van der Waals surface area contributed by atoms with Gasteiger partial charge in [0.05, 0.1) is 17.1 Å². The van der Waals surface area contributed by atoms with Crippen LogP contribution in [0.15, 0.2) is 54.9 Å². The normalized spacial score (nSPS) is 22.3. The summed E-state index contributed by atoms with van der Waals surface area (Å²) in [4.78, 5) is 21.8. The summed E-state index contributed by atoms with van der Waals surface area (Å²) in [5.41, 5.74) is 1.98. The molecule has 6 rings (SSSR count). The van der Waals surface area contributed by atoms with Crippen molar-refractivity contribution in [2.24, 2.45) is 0 Å². The minimum atomic E-state index is -0.109. The molecule has 2 saturated heterocycles. The number of carbonyl (C=O) groups is 1. The largest absolute Gasteiger partial charge is 0.454 e. The molecule has 3 aromatic rings. The number of likely N-dealkylation sites (tertiary alicyclic amines) is 1. The fourth-order valence-electron chi connectivity index (χ4n) is 4.70. The number of ether oxygens (including phenoxy) is 2. The summed E-state index contributed by atoms with van der Waals surface area (Å²) in [6.07, 6.45) is 4.47. The highest BCUT2D eigenvalue weighted by molar-refractivity contribution is 6.30. The number of aromatic nitrogens is 2. The van der Waals surface area contributed by atoms with E-state index in [0.29, 0.717) is 17.3 Å². The minimum absolute atomic E-state index is 0.109. The Bertz CT molecular complexity index is 1130. The molecule has 0 N–H and O–H groups in total. The molecule has 3 aliphatic rings. The van der Waals surface area contributed by atoms with Crippen molar-refractivity contribution in [3.05, 3.63) is 65.6 Å². The van der Waals surface area contributed by atoms with Crippen molar-refractivity contribution in [2.45, 2.75) is 25.0 Å². The number of rotatable bonds is 4. The van der Waals surface area contributed by atoms with Crippen LogP contribution >= 0.6 is 11.6 Å². The Hall–Kier alpha value is -3.03. The molecule has 1 aromatic carbocycles. The van der Waals surface area contributed by atoms with E-state index < -0.39 is 0 Å². The topological polar surface area (TPSA) is 59.8 Å². The second-order valence-corrected chi connectivity index (χ2v) is 8.22. The number of anilines is 1. The van der Waals surface area contributed by atoms with Crippen LogP contribution in [0.25, 0.3) is 5.82 Å². The number of hydrogen-bond acceptors (Lipinski definition) is 5. The summed E-state index contributed by atoms with van der Waals surface area (Å²) >= 11 is 5.97. The van der Waals surface area contributed by atoms with Crippen LogP contribution in [0.2, 0.25) is 5.02 Å². The lowest BCUT2D eigenvalue weighted by atomic mass is 10.2. The van der Waals surface area contributed by atoms with E-state index in [-0.39, 0.29) is 24.8 Å². The van der Waals surface area contributed by atoms with Crippen LogP contribution in [0.4, 0.5) is 5.69 Å². The first-order valence-corrected chi connectivity index (χ1v) is 10.3. The highest BCUT2D eigenvalue weighted by Crippen LogP contribution is 2.41. The predicted octanol–water partition coefficient (Wildman–Crippen LogP) is 3.24. The lowest BCUT2D eigenvalue weighted by Crippen LogP contribution is -2.50. The molecule has 7 nitrogen and oxygen atoms in total. The number of halogens is 1. The predicted molar refractivity (Wildman–Crippen MR) is 111 cm³/mol. The SMILES string of the molecule is O=C1[C@@H]2C[C@@H](CN2Cc2cccn2-c2ccc(Cl)cn2)N1c1ccc2c(c1)OCO2. The zero-order chi connectivity index (χ0) is 20.2. The van der Waals surface area contributed by atoms with Gasteiger partial charge in [0, 0.05) is 42.9 Å². The second kappa shape index (κ2) is 6.75. The van der Waals surface area contributed by atoms with Crippen molar-refractivity contribution in [1.29, 1.82) is 0 Å². The van der Waals surface area contributed by atoms with Gasteiger partial charge in [-0.25, -0.2) is 4.98 Å². The summed E-state index contributed by atoms with van der Waals surface area (Å²) in [5, 5.41) is 0.610. The Morgan fingerprint density at radius 3 is 2.87 bits per heavy atom. The molecule has 2 atom stereocenters. The molecule has 2 fully saturated rings. The van der Waals surface area contributed by atoms with E-state index in [0.717, 1.165) is 35.9 Å². The van der Waals surface area contributed by atoms with Crippen LogP contribution in [-0.2, 0) is 11.3 Å². The molecule has 0 saturated carbocycles. The molecule has 1 amide bonds. The van der Waals surface area contributed by atoms with Crippen LogP contribution in [0.5, 0.6) is 11.5 Å². The lowest BCUT2D eigenvalue weighted by Gasteiger charge is -2.34. The Morgan fingerprint density at radius 2 is 2.03 bits per heavy atom. The first-order valence-electron chi connectivity index (χ1n) is 9.92. The standard InChI is InChI=1S/C22H19ClN4O3/c23-14-3-6-21(24-10-14)26-7-1-2-16(26)11-25-12-17-8-18(25)22(28)27(17)15-4-5-19-20(9-15)30-13-29-19/h1-7,9-10,17-18H,8,11-13H2/t17-,18-/m0/s1. The quantitative estimate of drug-likeness (QED) is 0.646. The summed E-state index contributed by atoms with van der Waals surface area (Å²) in [5.74, 6) is 2.40. The monoisotopic (exact) mass is 422 g/mol. The van der Waals surface area contributed by atoms with Gasteiger partial charge in [0.1, 0.15) is 5.82 Å². The van der Waals surface area contributed by atoms with Gasteiger partial charge in [0.15, 0.2) is 11.5 Å². The zero-order valence-corrected chi connectivity index (χ0v) is 16.8. The summed E-state index contributed by atoms with van der Waals surface area (Å²) in [6, 6.07) is 13.6. The van der Waals surface area contributed by atoms with Gasteiger partial charge in [-0.3, -0.25) is 9.69 Å².